The Hall–Kier alpha value is -6.15. The zero-order valence-corrected chi connectivity index (χ0v) is 48.9. The number of nitrogens with one attached hydrogen (secondary N) is 4. The third kappa shape index (κ3) is 12.6. The molecule has 5 N–H and O–H groups in total. The highest BCUT2D eigenvalue weighted by Crippen LogP contribution is 2.61. The first-order chi connectivity index (χ1) is 37.4. The van der Waals surface area contributed by atoms with Gasteiger partial charge in [0.15, 0.2) is 15.7 Å². The van der Waals surface area contributed by atoms with Gasteiger partial charge in [0.1, 0.15) is 22.9 Å². The molecular formula is C59H74ClN9O8S2. The molecular weight excluding hydrogens is 1060 g/mol. The van der Waals surface area contributed by atoms with Gasteiger partial charge in [-0.1, -0.05) is 68.8 Å². The number of rotatable bonds is 17. The van der Waals surface area contributed by atoms with Crippen LogP contribution in [0.5, 0.6) is 5.75 Å². The van der Waals surface area contributed by atoms with Crippen LogP contribution in [0, 0.1) is 36.5 Å². The van der Waals surface area contributed by atoms with Crippen molar-refractivity contribution in [1.82, 2.24) is 35.4 Å². The standard InChI is InChI=1S/C59H74ClN9O8S2/c1-33(2)77-48-24-43(35(5)22-46(48)65-57-62-30-44(60)52(67-57)64-45-12-10-11-13-49(45)79(75,76)34(3)4)38-18-20-68(21-19-38)55(73)41-27-59(28-41)25-40(26-59)53(71)66-51(58(7,8)9)56(74)69-31-42(70)23-47(69)54(72)61-29-37-14-16-39(17-15-37)50-36(6)63-32-78-50/h10-17,22,24,30,32-34,38,40-42,47,51,70H,18-21,23,25-29,31H2,1-9H3,(H,61,72)(H,66,71)(H2,62,64,65,67)/t40?,41?,42-,47+,51-,59?/m1/s1. The van der Waals surface area contributed by atoms with Gasteiger partial charge in [0.05, 0.1) is 56.0 Å². The number of anilines is 4. The molecule has 79 heavy (non-hydrogen) atoms. The maximum Gasteiger partial charge on any atom is 0.246 e. The Morgan fingerprint density at radius 2 is 1.58 bits per heavy atom. The summed E-state index contributed by atoms with van der Waals surface area (Å²) in [5, 5.41) is 22.8. The smallest absolute Gasteiger partial charge is 0.246 e. The van der Waals surface area contributed by atoms with Crippen molar-refractivity contribution in [2.75, 3.05) is 30.3 Å². The van der Waals surface area contributed by atoms with E-state index in [9.17, 15) is 32.7 Å². The fraction of sp³-hybridized carbons (Fsp3) is 0.508. The SMILES string of the molecule is Cc1cc(Nc2ncc(Cl)c(Nc3ccccc3S(=O)(=O)C(C)C)n2)c(OC(C)C)cc1C1CCN(C(=O)C2CC3(CC(C(=O)N[C@H](C(=O)N4C[C@H](O)C[C@H]4C(=O)NCc4ccc(-c5scnc5C)cc4)C(C)(C)C)C3)C2)CC1. The molecule has 4 amide bonds. The summed E-state index contributed by atoms with van der Waals surface area (Å²) in [6.07, 6.45) is 4.92. The number of para-hydroxylation sites is 1. The molecule has 422 valence electrons. The van der Waals surface area contributed by atoms with Crippen molar-refractivity contribution in [1.29, 1.82) is 0 Å². The van der Waals surface area contributed by atoms with Crippen LogP contribution in [0.4, 0.5) is 23.1 Å². The fourth-order valence-electron chi connectivity index (χ4n) is 11.8. The lowest BCUT2D eigenvalue weighted by atomic mass is 9.47. The average molecular weight is 1140 g/mol. The number of nitrogens with zero attached hydrogens (tertiary/aromatic N) is 5. The topological polar surface area (TPSA) is 225 Å². The van der Waals surface area contributed by atoms with E-state index in [4.69, 9.17) is 16.3 Å². The quantitative estimate of drug-likeness (QED) is 0.0586. The van der Waals surface area contributed by atoms with Gasteiger partial charge in [-0.2, -0.15) is 4.98 Å². The van der Waals surface area contributed by atoms with Crippen LogP contribution in [0.2, 0.25) is 5.02 Å². The molecule has 2 aliphatic carbocycles. The number of aliphatic hydroxyl groups is 1. The highest BCUT2D eigenvalue weighted by atomic mass is 35.5. The van der Waals surface area contributed by atoms with Crippen molar-refractivity contribution in [3.05, 3.63) is 99.8 Å². The number of benzene rings is 3. The molecule has 17 nitrogen and oxygen atoms in total. The summed E-state index contributed by atoms with van der Waals surface area (Å²) in [5.74, 6) is 0.148. The minimum atomic E-state index is -3.61. The second kappa shape index (κ2) is 23.1. The molecule has 2 aliphatic heterocycles. The zero-order chi connectivity index (χ0) is 56.7. The maximum absolute atomic E-state index is 14.3. The Kier molecular flexibility index (Phi) is 16.9. The Morgan fingerprint density at radius 3 is 2.23 bits per heavy atom. The largest absolute Gasteiger partial charge is 0.489 e. The number of piperidine rings is 1. The number of hydrogen-bond acceptors (Lipinski definition) is 14. The predicted molar refractivity (Wildman–Crippen MR) is 307 cm³/mol. The van der Waals surface area contributed by atoms with E-state index < -0.39 is 44.6 Å². The monoisotopic (exact) mass is 1140 g/mol. The number of amides is 4. The van der Waals surface area contributed by atoms with Crippen LogP contribution in [0.25, 0.3) is 10.4 Å². The van der Waals surface area contributed by atoms with Crippen LogP contribution < -0.4 is 26.0 Å². The molecule has 2 saturated heterocycles. The molecule has 2 aromatic heterocycles. The second-order valence-corrected chi connectivity index (χ2v) is 27.5. The van der Waals surface area contributed by atoms with Crippen molar-refractivity contribution in [3.63, 3.8) is 0 Å². The molecule has 4 heterocycles. The number of aryl methyl sites for hydroxylation is 2. The molecule has 0 bridgehead atoms. The van der Waals surface area contributed by atoms with Crippen molar-refractivity contribution in [2.24, 2.45) is 22.7 Å². The minimum Gasteiger partial charge on any atom is -0.489 e. The molecule has 3 atom stereocenters. The van der Waals surface area contributed by atoms with E-state index in [0.717, 1.165) is 58.5 Å². The Labute approximate surface area is 473 Å². The summed E-state index contributed by atoms with van der Waals surface area (Å²) in [5.41, 5.74) is 7.19. The zero-order valence-electron chi connectivity index (χ0n) is 46.6. The minimum absolute atomic E-state index is 0.000870. The number of aliphatic hydroxyl groups excluding tert-OH is 1. The molecule has 4 aliphatic rings. The van der Waals surface area contributed by atoms with E-state index in [2.05, 4.69) is 49.2 Å². The van der Waals surface area contributed by atoms with Crippen molar-refractivity contribution in [2.45, 2.75) is 154 Å². The number of sulfone groups is 1. The molecule has 0 unspecified atom stereocenters. The maximum atomic E-state index is 14.3. The summed E-state index contributed by atoms with van der Waals surface area (Å²) >= 11 is 8.12. The van der Waals surface area contributed by atoms with Gasteiger partial charge < -0.3 is 40.9 Å². The van der Waals surface area contributed by atoms with E-state index in [1.807, 2.05) is 82.3 Å². The summed E-state index contributed by atoms with van der Waals surface area (Å²) < 4.78 is 32.7. The van der Waals surface area contributed by atoms with E-state index in [-0.39, 0.29) is 88.2 Å². The van der Waals surface area contributed by atoms with Crippen molar-refractivity contribution < 1.29 is 37.4 Å². The Balaban J connectivity index is 0.760. The lowest BCUT2D eigenvalue weighted by molar-refractivity contribution is -0.158. The second-order valence-electron chi connectivity index (χ2n) is 23.8. The number of carbonyl (C=O) groups is 4. The molecule has 2 saturated carbocycles. The highest BCUT2D eigenvalue weighted by molar-refractivity contribution is 7.92. The number of likely N-dealkylation sites (tertiary alicyclic amines) is 2. The molecule has 3 aromatic carbocycles. The molecule has 1 spiro atoms. The third-order valence-electron chi connectivity index (χ3n) is 16.2. The third-order valence-corrected chi connectivity index (χ3v) is 19.6. The van der Waals surface area contributed by atoms with Gasteiger partial charge in [-0.3, -0.25) is 19.2 Å². The first-order valence-electron chi connectivity index (χ1n) is 27.4. The lowest BCUT2D eigenvalue weighted by Crippen LogP contribution is -2.61. The van der Waals surface area contributed by atoms with Gasteiger partial charge >= 0.3 is 0 Å². The number of thiazole rings is 1. The normalized spacial score (nSPS) is 21.8. The van der Waals surface area contributed by atoms with Crippen molar-refractivity contribution >= 4 is 79.5 Å². The predicted octanol–water partition coefficient (Wildman–Crippen LogP) is 9.65. The summed E-state index contributed by atoms with van der Waals surface area (Å²) in [6.45, 7) is 18.4. The highest BCUT2D eigenvalue weighted by Gasteiger charge is 2.57. The van der Waals surface area contributed by atoms with Crippen LogP contribution >= 0.6 is 22.9 Å². The summed E-state index contributed by atoms with van der Waals surface area (Å²) in [4.78, 5) is 73.9. The molecule has 4 fully saturated rings. The molecule has 9 rings (SSSR count). The Morgan fingerprint density at radius 1 is 0.899 bits per heavy atom. The summed E-state index contributed by atoms with van der Waals surface area (Å²) in [6, 6.07) is 16.9. The van der Waals surface area contributed by atoms with Gasteiger partial charge in [0.25, 0.3) is 0 Å². The van der Waals surface area contributed by atoms with E-state index in [1.165, 1.54) is 11.1 Å². The lowest BCUT2D eigenvalue weighted by Gasteiger charge is -2.57. The van der Waals surface area contributed by atoms with Crippen LogP contribution in [0.3, 0.4) is 0 Å². The van der Waals surface area contributed by atoms with Crippen molar-refractivity contribution in [3.8, 4) is 16.2 Å². The number of aromatic nitrogens is 3. The van der Waals surface area contributed by atoms with Crippen LogP contribution in [-0.4, -0.2) is 111 Å². The first kappa shape index (κ1) is 57.5. The van der Waals surface area contributed by atoms with Gasteiger partial charge in [-0.25, -0.2) is 18.4 Å². The first-order valence-corrected chi connectivity index (χ1v) is 30.3. The molecule has 0 radical (unpaired) electrons. The van der Waals surface area contributed by atoms with Gasteiger partial charge in [-0.15, -0.1) is 11.3 Å². The average Bonchev–Trinajstić information content (AvgIpc) is 4.18. The Bertz CT molecular complexity index is 3190. The molecule has 20 heteroatoms. The van der Waals surface area contributed by atoms with Crippen LogP contribution in [0.1, 0.15) is 122 Å². The number of halogens is 1. The van der Waals surface area contributed by atoms with Gasteiger partial charge in [0.2, 0.25) is 29.6 Å². The number of β-amino-alcohol motifs (C(OH)–C–C–N with tert-alkyl or cyclic N) is 1. The van der Waals surface area contributed by atoms with Gasteiger partial charge in [0, 0.05) is 44.4 Å². The molecule has 5 aromatic rings. The van der Waals surface area contributed by atoms with E-state index in [1.54, 1.807) is 49.4 Å². The number of ether oxygens (including phenoxy) is 1. The fourth-order valence-corrected chi connectivity index (χ4v) is 14.0. The van der Waals surface area contributed by atoms with Crippen LogP contribution in [-0.2, 0) is 35.6 Å². The van der Waals surface area contributed by atoms with Gasteiger partial charge in [-0.05, 0) is 143 Å². The number of hydrogen-bond donors (Lipinski definition) is 5. The summed E-state index contributed by atoms with van der Waals surface area (Å²) in [7, 11) is -3.61. The van der Waals surface area contributed by atoms with E-state index >= 15 is 0 Å². The van der Waals surface area contributed by atoms with E-state index in [0.29, 0.717) is 43.1 Å². The van der Waals surface area contributed by atoms with Crippen LogP contribution in [0.15, 0.2) is 77.3 Å². The number of carbonyl (C=O) groups excluding carboxylic acids is 4.